The summed E-state index contributed by atoms with van der Waals surface area (Å²) in [7, 11) is -3.69. The Morgan fingerprint density at radius 2 is 1.74 bits per heavy atom. The number of thiazole rings is 1. The zero-order chi connectivity index (χ0) is 25.3. The zero-order valence-corrected chi connectivity index (χ0v) is 21.6. The fourth-order valence-corrected chi connectivity index (χ4v) is 6.51. The number of nitrogens with zero attached hydrogens (tertiary/aromatic N) is 2. The van der Waals surface area contributed by atoms with E-state index in [0.29, 0.717) is 34.3 Å². The van der Waals surface area contributed by atoms with Gasteiger partial charge in [-0.1, -0.05) is 57.2 Å². The largest absolute Gasteiger partial charge is 0.422 e. The predicted octanol–water partition coefficient (Wildman–Crippen LogP) is 4.96. The molecule has 0 aliphatic heterocycles. The molecule has 184 valence electrons. The summed E-state index contributed by atoms with van der Waals surface area (Å²) >= 11 is 1.14. The first-order valence-electron chi connectivity index (χ1n) is 11.3. The Morgan fingerprint density at radius 1 is 1.06 bits per heavy atom. The van der Waals surface area contributed by atoms with Gasteiger partial charge < -0.3 is 4.42 Å². The second-order valence-electron chi connectivity index (χ2n) is 9.20. The Hall–Kier alpha value is -3.08. The molecule has 1 amide bonds. The summed E-state index contributed by atoms with van der Waals surface area (Å²) in [5.74, 6) is -0.271. The standard InChI is InChI=1S/C25H27N3O5S2/c1-15(2)13-28(14-16(3)4)35(31,32)18-9-10-20-22(12-18)34-25(26-20)27-23(29)19-11-17-7-5-6-8-21(17)33-24(19)30/h5-12,15-16H,13-14H2,1-4H3,(H,26,27,29). The van der Waals surface area contributed by atoms with E-state index >= 15 is 0 Å². The van der Waals surface area contributed by atoms with E-state index in [1.165, 1.54) is 16.4 Å². The first-order chi connectivity index (χ1) is 16.5. The quantitative estimate of drug-likeness (QED) is 0.334. The Morgan fingerprint density at radius 3 is 2.43 bits per heavy atom. The third kappa shape index (κ3) is 5.44. The van der Waals surface area contributed by atoms with Crippen LogP contribution in [0, 0.1) is 11.8 Å². The van der Waals surface area contributed by atoms with E-state index in [2.05, 4.69) is 10.3 Å². The minimum atomic E-state index is -3.69. The molecule has 0 fully saturated rings. The second-order valence-corrected chi connectivity index (χ2v) is 12.2. The van der Waals surface area contributed by atoms with Gasteiger partial charge in [0.15, 0.2) is 5.13 Å². The van der Waals surface area contributed by atoms with Gasteiger partial charge in [-0.25, -0.2) is 18.2 Å². The van der Waals surface area contributed by atoms with Gasteiger partial charge in [0.1, 0.15) is 11.1 Å². The fraction of sp³-hybridized carbons (Fsp3) is 0.320. The van der Waals surface area contributed by atoms with Crippen LogP contribution in [-0.2, 0) is 10.0 Å². The van der Waals surface area contributed by atoms with Crippen LogP contribution in [0.25, 0.3) is 21.2 Å². The third-order valence-corrected chi connectivity index (χ3v) is 8.00. The lowest BCUT2D eigenvalue weighted by atomic mass is 10.2. The number of benzene rings is 2. The minimum absolute atomic E-state index is 0.135. The van der Waals surface area contributed by atoms with Gasteiger partial charge in [-0.3, -0.25) is 10.1 Å². The molecule has 0 aliphatic carbocycles. The van der Waals surface area contributed by atoms with Crippen molar-refractivity contribution in [2.45, 2.75) is 32.6 Å². The van der Waals surface area contributed by atoms with Gasteiger partial charge in [-0.05, 0) is 42.2 Å². The van der Waals surface area contributed by atoms with E-state index in [4.69, 9.17) is 4.42 Å². The van der Waals surface area contributed by atoms with E-state index in [1.807, 2.05) is 27.7 Å². The van der Waals surface area contributed by atoms with E-state index in [0.717, 1.165) is 11.3 Å². The highest BCUT2D eigenvalue weighted by molar-refractivity contribution is 7.89. The van der Waals surface area contributed by atoms with Crippen LogP contribution in [0.2, 0.25) is 0 Å². The van der Waals surface area contributed by atoms with Crippen molar-refractivity contribution < 1.29 is 17.6 Å². The molecule has 10 heteroatoms. The second kappa shape index (κ2) is 9.88. The molecule has 2 heterocycles. The smallest absolute Gasteiger partial charge is 0.349 e. The number of aromatic nitrogens is 1. The van der Waals surface area contributed by atoms with Crippen molar-refractivity contribution >= 4 is 53.6 Å². The Labute approximate surface area is 207 Å². The highest BCUT2D eigenvalue weighted by Gasteiger charge is 2.26. The molecule has 4 rings (SSSR count). The average molecular weight is 514 g/mol. The van der Waals surface area contributed by atoms with Crippen molar-refractivity contribution in [3.05, 3.63) is 64.5 Å². The molecule has 0 radical (unpaired) electrons. The highest BCUT2D eigenvalue weighted by Crippen LogP contribution is 2.30. The van der Waals surface area contributed by atoms with E-state index < -0.39 is 21.6 Å². The van der Waals surface area contributed by atoms with E-state index in [-0.39, 0.29) is 27.4 Å². The number of sulfonamides is 1. The maximum absolute atomic E-state index is 13.4. The zero-order valence-electron chi connectivity index (χ0n) is 19.9. The number of para-hydroxylation sites is 1. The summed E-state index contributed by atoms with van der Waals surface area (Å²) in [6.45, 7) is 8.80. The highest BCUT2D eigenvalue weighted by atomic mass is 32.2. The summed E-state index contributed by atoms with van der Waals surface area (Å²) in [4.78, 5) is 29.6. The number of rotatable bonds is 8. The lowest BCUT2D eigenvalue weighted by Crippen LogP contribution is -2.37. The van der Waals surface area contributed by atoms with Crippen molar-refractivity contribution in [2.75, 3.05) is 18.4 Å². The molecular formula is C25H27N3O5S2. The van der Waals surface area contributed by atoms with Crippen molar-refractivity contribution in [3.63, 3.8) is 0 Å². The molecule has 0 bridgehead atoms. The minimum Gasteiger partial charge on any atom is -0.422 e. The van der Waals surface area contributed by atoms with Gasteiger partial charge >= 0.3 is 5.63 Å². The normalized spacial score (nSPS) is 12.3. The fourth-order valence-electron chi connectivity index (χ4n) is 3.74. The summed E-state index contributed by atoms with van der Waals surface area (Å²) in [6, 6.07) is 13.1. The number of carbonyl (C=O) groups excluding carboxylic acids is 1. The van der Waals surface area contributed by atoms with Crippen LogP contribution in [0.1, 0.15) is 38.1 Å². The van der Waals surface area contributed by atoms with Gasteiger partial charge in [0.05, 0.1) is 15.1 Å². The van der Waals surface area contributed by atoms with Crippen LogP contribution < -0.4 is 10.9 Å². The van der Waals surface area contributed by atoms with Crippen molar-refractivity contribution in [2.24, 2.45) is 11.8 Å². The van der Waals surface area contributed by atoms with Crippen LogP contribution in [0.4, 0.5) is 5.13 Å². The van der Waals surface area contributed by atoms with Gasteiger partial charge in [0.25, 0.3) is 5.91 Å². The first-order valence-corrected chi connectivity index (χ1v) is 13.5. The monoisotopic (exact) mass is 513 g/mol. The van der Waals surface area contributed by atoms with Crippen LogP contribution in [0.15, 0.2) is 62.6 Å². The van der Waals surface area contributed by atoms with Gasteiger partial charge in [-0.2, -0.15) is 4.31 Å². The molecule has 4 aromatic rings. The molecule has 0 unspecified atom stereocenters. The van der Waals surface area contributed by atoms with Gasteiger partial charge in [0, 0.05) is 18.5 Å². The molecule has 35 heavy (non-hydrogen) atoms. The van der Waals surface area contributed by atoms with Crippen LogP contribution in [-0.4, -0.2) is 36.7 Å². The lowest BCUT2D eigenvalue weighted by molar-refractivity contribution is 0.102. The molecule has 0 saturated heterocycles. The van der Waals surface area contributed by atoms with Gasteiger partial charge in [0.2, 0.25) is 10.0 Å². The van der Waals surface area contributed by atoms with E-state index in [1.54, 1.807) is 36.4 Å². The molecule has 2 aromatic heterocycles. The molecule has 0 aliphatic rings. The Balaban J connectivity index is 1.62. The number of nitrogens with one attached hydrogen (secondary N) is 1. The Kier molecular flexibility index (Phi) is 7.07. The van der Waals surface area contributed by atoms with Crippen molar-refractivity contribution in [3.8, 4) is 0 Å². The predicted molar refractivity (Wildman–Crippen MR) is 138 cm³/mol. The summed E-state index contributed by atoms with van der Waals surface area (Å²) < 4.78 is 34.1. The van der Waals surface area contributed by atoms with Crippen LogP contribution in [0.3, 0.4) is 0 Å². The third-order valence-electron chi connectivity index (χ3n) is 5.24. The molecule has 0 atom stereocenters. The van der Waals surface area contributed by atoms with Gasteiger partial charge in [-0.15, -0.1) is 0 Å². The van der Waals surface area contributed by atoms with Crippen LogP contribution in [0.5, 0.6) is 0 Å². The number of anilines is 1. The number of hydrogen-bond acceptors (Lipinski definition) is 7. The maximum atomic E-state index is 13.4. The molecule has 0 saturated carbocycles. The van der Waals surface area contributed by atoms with Crippen LogP contribution >= 0.6 is 11.3 Å². The molecule has 8 nitrogen and oxygen atoms in total. The Bertz CT molecular complexity index is 1540. The topological polar surface area (TPSA) is 110 Å². The lowest BCUT2D eigenvalue weighted by Gasteiger charge is -2.25. The van der Waals surface area contributed by atoms with Crippen molar-refractivity contribution in [1.82, 2.24) is 9.29 Å². The molecule has 1 N–H and O–H groups in total. The number of fused-ring (bicyclic) bond motifs is 2. The van der Waals surface area contributed by atoms with Crippen molar-refractivity contribution in [1.29, 1.82) is 0 Å². The maximum Gasteiger partial charge on any atom is 0.349 e. The SMILES string of the molecule is CC(C)CN(CC(C)C)S(=O)(=O)c1ccc2nc(NC(=O)c3cc4ccccc4oc3=O)sc2c1. The molecule has 2 aromatic carbocycles. The first kappa shape index (κ1) is 25.0. The summed E-state index contributed by atoms with van der Waals surface area (Å²) in [5, 5.41) is 3.52. The number of hydrogen-bond donors (Lipinski definition) is 1. The summed E-state index contributed by atoms with van der Waals surface area (Å²) in [6.07, 6.45) is 0. The number of amides is 1. The average Bonchev–Trinajstić information content (AvgIpc) is 3.18. The molecule has 0 spiro atoms. The summed E-state index contributed by atoms with van der Waals surface area (Å²) in [5.41, 5.74) is 0.0659. The molecular weight excluding hydrogens is 486 g/mol. The van der Waals surface area contributed by atoms with E-state index in [9.17, 15) is 18.0 Å². The number of carbonyl (C=O) groups is 1.